The van der Waals surface area contributed by atoms with Crippen molar-refractivity contribution in [3.8, 4) is 0 Å². The summed E-state index contributed by atoms with van der Waals surface area (Å²) in [7, 11) is 0. The minimum atomic E-state index is 0.0135. The van der Waals surface area contributed by atoms with Gasteiger partial charge in [0.05, 0.1) is 13.2 Å². The lowest BCUT2D eigenvalue weighted by molar-refractivity contribution is -0.116. The van der Waals surface area contributed by atoms with Crippen LogP contribution in [0.4, 0.5) is 5.69 Å². The molecule has 1 aliphatic rings. The summed E-state index contributed by atoms with van der Waals surface area (Å²) in [5.74, 6) is 0.0135. The van der Waals surface area contributed by atoms with Gasteiger partial charge in [-0.2, -0.15) is 0 Å². The third-order valence-electron chi connectivity index (χ3n) is 3.21. The number of amides is 1. The molecule has 20 heavy (non-hydrogen) atoms. The van der Waals surface area contributed by atoms with E-state index in [9.17, 15) is 4.79 Å². The molecule has 1 aromatic carbocycles. The van der Waals surface area contributed by atoms with Gasteiger partial charge in [-0.1, -0.05) is 12.2 Å². The Kier molecular flexibility index (Phi) is 5.46. The van der Waals surface area contributed by atoms with Crippen LogP contribution in [0.1, 0.15) is 12.0 Å². The quantitative estimate of drug-likeness (QED) is 0.792. The molecule has 1 heterocycles. The fraction of sp³-hybridized carbons (Fsp3) is 0.429. The third-order valence-corrected chi connectivity index (χ3v) is 3.45. The third kappa shape index (κ3) is 4.56. The average molecular weight is 293 g/mol. The van der Waals surface area contributed by atoms with Gasteiger partial charge >= 0.3 is 0 Å². The standard InChI is InChI=1S/C14H19N3O2S/c15-14(20)11-1-3-12(4-2-11)16-13(18)5-6-17-7-9-19-10-8-17/h1-4H,5-10H2,(H2,15,20)(H,16,18). The number of rotatable bonds is 5. The zero-order valence-corrected chi connectivity index (χ0v) is 12.1. The van der Waals surface area contributed by atoms with Gasteiger partial charge in [0.1, 0.15) is 4.99 Å². The molecule has 0 saturated carbocycles. The molecule has 0 radical (unpaired) electrons. The summed E-state index contributed by atoms with van der Waals surface area (Å²) in [6.07, 6.45) is 0.483. The first-order valence-electron chi connectivity index (χ1n) is 6.65. The molecule has 1 saturated heterocycles. The summed E-state index contributed by atoms with van der Waals surface area (Å²) in [6, 6.07) is 7.22. The van der Waals surface area contributed by atoms with Crippen LogP contribution in [-0.2, 0) is 9.53 Å². The average Bonchev–Trinajstić information content (AvgIpc) is 2.47. The van der Waals surface area contributed by atoms with Gasteiger partial charge in [0.25, 0.3) is 0 Å². The Morgan fingerprint density at radius 2 is 1.95 bits per heavy atom. The lowest BCUT2D eigenvalue weighted by atomic mass is 10.2. The molecular weight excluding hydrogens is 274 g/mol. The van der Waals surface area contributed by atoms with Crippen LogP contribution in [0.2, 0.25) is 0 Å². The molecule has 6 heteroatoms. The van der Waals surface area contributed by atoms with Crippen molar-refractivity contribution < 1.29 is 9.53 Å². The minimum Gasteiger partial charge on any atom is -0.389 e. The fourth-order valence-electron chi connectivity index (χ4n) is 2.03. The number of nitrogens with zero attached hydrogens (tertiary/aromatic N) is 1. The highest BCUT2D eigenvalue weighted by molar-refractivity contribution is 7.80. The summed E-state index contributed by atoms with van der Waals surface area (Å²) in [5, 5.41) is 2.87. The van der Waals surface area contributed by atoms with Crippen molar-refractivity contribution in [1.82, 2.24) is 4.90 Å². The van der Waals surface area contributed by atoms with E-state index in [0.29, 0.717) is 11.4 Å². The predicted octanol–water partition coefficient (Wildman–Crippen LogP) is 0.982. The Bertz CT molecular complexity index is 470. The van der Waals surface area contributed by atoms with E-state index >= 15 is 0 Å². The first-order valence-corrected chi connectivity index (χ1v) is 7.06. The summed E-state index contributed by atoms with van der Waals surface area (Å²) in [5.41, 5.74) is 7.08. The number of anilines is 1. The zero-order valence-electron chi connectivity index (χ0n) is 11.3. The second kappa shape index (κ2) is 7.33. The second-order valence-electron chi connectivity index (χ2n) is 4.69. The lowest BCUT2D eigenvalue weighted by Crippen LogP contribution is -2.38. The smallest absolute Gasteiger partial charge is 0.225 e. The first kappa shape index (κ1) is 14.9. The molecule has 0 aliphatic carbocycles. The molecular formula is C14H19N3O2S. The summed E-state index contributed by atoms with van der Waals surface area (Å²) in [6.45, 7) is 4.07. The molecule has 2 rings (SSSR count). The van der Waals surface area contributed by atoms with Crippen LogP contribution < -0.4 is 11.1 Å². The number of ether oxygens (including phenoxy) is 1. The number of nitrogens with one attached hydrogen (secondary N) is 1. The Morgan fingerprint density at radius 3 is 2.55 bits per heavy atom. The van der Waals surface area contributed by atoms with Crippen molar-refractivity contribution in [3.63, 3.8) is 0 Å². The van der Waals surface area contributed by atoms with Crippen LogP contribution in [-0.4, -0.2) is 48.6 Å². The van der Waals surface area contributed by atoms with Gasteiger partial charge in [-0.15, -0.1) is 0 Å². The van der Waals surface area contributed by atoms with Gasteiger partial charge in [0, 0.05) is 37.3 Å². The van der Waals surface area contributed by atoms with Crippen molar-refractivity contribution in [2.45, 2.75) is 6.42 Å². The van der Waals surface area contributed by atoms with E-state index in [1.807, 2.05) is 0 Å². The molecule has 1 amide bonds. The van der Waals surface area contributed by atoms with Gasteiger partial charge in [0.15, 0.2) is 0 Å². The number of nitrogens with two attached hydrogens (primary N) is 1. The summed E-state index contributed by atoms with van der Waals surface area (Å²) < 4.78 is 5.27. The van der Waals surface area contributed by atoms with Crippen molar-refractivity contribution >= 4 is 28.8 Å². The first-order chi connectivity index (χ1) is 9.65. The fourth-order valence-corrected chi connectivity index (χ4v) is 2.16. The molecule has 5 nitrogen and oxygen atoms in total. The van der Waals surface area contributed by atoms with E-state index in [0.717, 1.165) is 44.1 Å². The van der Waals surface area contributed by atoms with E-state index in [1.54, 1.807) is 24.3 Å². The van der Waals surface area contributed by atoms with Crippen molar-refractivity contribution in [3.05, 3.63) is 29.8 Å². The van der Waals surface area contributed by atoms with E-state index in [-0.39, 0.29) is 5.91 Å². The molecule has 1 aromatic rings. The highest BCUT2D eigenvalue weighted by Crippen LogP contribution is 2.10. The Labute approximate surface area is 124 Å². The maximum atomic E-state index is 11.9. The van der Waals surface area contributed by atoms with Crippen molar-refractivity contribution in [1.29, 1.82) is 0 Å². The van der Waals surface area contributed by atoms with E-state index in [2.05, 4.69) is 10.2 Å². The molecule has 0 aromatic heterocycles. The maximum Gasteiger partial charge on any atom is 0.225 e. The van der Waals surface area contributed by atoms with Crippen molar-refractivity contribution in [2.24, 2.45) is 5.73 Å². The minimum absolute atomic E-state index is 0.0135. The van der Waals surface area contributed by atoms with Crippen LogP contribution in [0.5, 0.6) is 0 Å². The topological polar surface area (TPSA) is 67.6 Å². The molecule has 3 N–H and O–H groups in total. The Hall–Kier alpha value is -1.50. The summed E-state index contributed by atoms with van der Waals surface area (Å²) >= 11 is 4.88. The van der Waals surface area contributed by atoms with E-state index in [4.69, 9.17) is 22.7 Å². The molecule has 0 atom stereocenters. The molecule has 1 aliphatic heterocycles. The largest absolute Gasteiger partial charge is 0.389 e. The van der Waals surface area contributed by atoms with Crippen LogP contribution in [0, 0.1) is 0 Å². The number of carbonyl (C=O) groups excluding carboxylic acids is 1. The van der Waals surface area contributed by atoms with Crippen LogP contribution in [0.15, 0.2) is 24.3 Å². The van der Waals surface area contributed by atoms with Crippen molar-refractivity contribution in [2.75, 3.05) is 38.2 Å². The summed E-state index contributed by atoms with van der Waals surface area (Å²) in [4.78, 5) is 14.4. The molecule has 0 unspecified atom stereocenters. The maximum absolute atomic E-state index is 11.9. The van der Waals surface area contributed by atoms with Gasteiger partial charge in [-0.25, -0.2) is 0 Å². The van der Waals surface area contributed by atoms with Gasteiger partial charge in [-0.3, -0.25) is 9.69 Å². The molecule has 1 fully saturated rings. The van der Waals surface area contributed by atoms with Crippen LogP contribution >= 0.6 is 12.2 Å². The monoisotopic (exact) mass is 293 g/mol. The van der Waals surface area contributed by atoms with Gasteiger partial charge < -0.3 is 15.8 Å². The highest BCUT2D eigenvalue weighted by Gasteiger charge is 2.12. The number of thiocarbonyl (C=S) groups is 1. The lowest BCUT2D eigenvalue weighted by Gasteiger charge is -2.26. The normalized spacial score (nSPS) is 15.8. The predicted molar refractivity (Wildman–Crippen MR) is 82.8 cm³/mol. The number of hydrogen-bond acceptors (Lipinski definition) is 4. The molecule has 0 bridgehead atoms. The van der Waals surface area contributed by atoms with Gasteiger partial charge in [0.2, 0.25) is 5.91 Å². The van der Waals surface area contributed by atoms with Crippen LogP contribution in [0.3, 0.4) is 0 Å². The number of morpholine rings is 1. The highest BCUT2D eigenvalue weighted by atomic mass is 32.1. The van der Waals surface area contributed by atoms with Gasteiger partial charge in [-0.05, 0) is 24.3 Å². The SMILES string of the molecule is NC(=S)c1ccc(NC(=O)CCN2CCOCC2)cc1. The number of hydrogen-bond donors (Lipinski definition) is 2. The Balaban J connectivity index is 1.77. The Morgan fingerprint density at radius 1 is 1.30 bits per heavy atom. The number of carbonyl (C=O) groups is 1. The van der Waals surface area contributed by atoms with Crippen LogP contribution in [0.25, 0.3) is 0 Å². The molecule has 0 spiro atoms. The number of benzene rings is 1. The second-order valence-corrected chi connectivity index (χ2v) is 5.13. The zero-order chi connectivity index (χ0) is 14.4. The van der Waals surface area contributed by atoms with E-state index < -0.39 is 0 Å². The molecule has 108 valence electrons. The van der Waals surface area contributed by atoms with E-state index in [1.165, 1.54) is 0 Å².